The molecule has 0 fully saturated rings. The molecule has 0 spiro atoms. The first-order chi connectivity index (χ1) is 9.08. The fourth-order valence-electron chi connectivity index (χ4n) is 1.35. The third kappa shape index (κ3) is 3.01. The molecule has 2 heterocycles. The molecule has 2 N–H and O–H groups in total. The molecule has 0 unspecified atom stereocenters. The van der Waals surface area contributed by atoms with E-state index in [0.717, 1.165) is 17.3 Å². The summed E-state index contributed by atoms with van der Waals surface area (Å²) in [5.41, 5.74) is -0.608. The molecule has 9 heteroatoms. The Hall–Kier alpha value is -2.55. The molecule has 0 atom stereocenters. The van der Waals surface area contributed by atoms with Gasteiger partial charge in [-0.05, 0) is 0 Å². The van der Waals surface area contributed by atoms with Crippen LogP contribution in [0.25, 0.3) is 0 Å². The van der Waals surface area contributed by atoms with E-state index in [0.29, 0.717) is 0 Å². The molecule has 0 aliphatic rings. The number of nitrogens with zero attached hydrogens (tertiary/aromatic N) is 3. The molecule has 2 aromatic heterocycles. The zero-order chi connectivity index (χ0) is 13.8. The zero-order valence-corrected chi connectivity index (χ0v) is 10.3. The summed E-state index contributed by atoms with van der Waals surface area (Å²) in [6.45, 7) is 0.290. The van der Waals surface area contributed by atoms with Crippen LogP contribution in [-0.4, -0.2) is 26.0 Å². The summed E-state index contributed by atoms with van der Waals surface area (Å²) >= 11 is 1.40. The van der Waals surface area contributed by atoms with Crippen LogP contribution in [0.4, 0.5) is 11.5 Å². The maximum atomic E-state index is 10.9. The Bertz CT molecular complexity index is 614. The molecule has 0 bridgehead atoms. The largest absolute Gasteiger partial charge is 0.478 e. The molecule has 0 aliphatic heterocycles. The Kier molecular flexibility index (Phi) is 3.66. The molecule has 8 nitrogen and oxygen atoms in total. The van der Waals surface area contributed by atoms with Gasteiger partial charge in [0.15, 0.2) is 0 Å². The number of nitro groups is 1. The van der Waals surface area contributed by atoms with Crippen LogP contribution in [0.3, 0.4) is 0 Å². The summed E-state index contributed by atoms with van der Waals surface area (Å²) in [7, 11) is 0. The van der Waals surface area contributed by atoms with Gasteiger partial charge in [-0.2, -0.15) is 0 Å². The highest BCUT2D eigenvalue weighted by Gasteiger charge is 2.18. The van der Waals surface area contributed by atoms with Crippen LogP contribution in [-0.2, 0) is 6.54 Å². The number of hydrogen-bond acceptors (Lipinski definition) is 7. The fraction of sp³-hybridized carbons (Fsp3) is 0.100. The van der Waals surface area contributed by atoms with Gasteiger partial charge in [0.25, 0.3) is 0 Å². The number of thiazole rings is 1. The predicted octanol–water partition coefficient (Wildman–Crippen LogP) is 1.76. The standard InChI is InChI=1S/C10H8N4O4S/c15-10(16)6-3-7(14(17)18)9(12-4-6)13-5-8-11-1-2-19-8/h1-4H,5H2,(H,12,13)(H,15,16). The van der Waals surface area contributed by atoms with Crippen molar-refractivity contribution in [2.45, 2.75) is 6.54 Å². The summed E-state index contributed by atoms with van der Waals surface area (Å²) < 4.78 is 0. The molecule has 2 aromatic rings. The van der Waals surface area contributed by atoms with Gasteiger partial charge in [0, 0.05) is 23.8 Å². The number of carbonyl (C=O) groups is 1. The van der Waals surface area contributed by atoms with Gasteiger partial charge < -0.3 is 10.4 Å². The summed E-state index contributed by atoms with van der Waals surface area (Å²) in [4.78, 5) is 28.7. The number of rotatable bonds is 5. The SMILES string of the molecule is O=C(O)c1cnc(NCc2nccs2)c([N+](=O)[O-])c1. The minimum absolute atomic E-state index is 0.0187. The number of aromatic nitrogens is 2. The summed E-state index contributed by atoms with van der Waals surface area (Å²) in [5, 5.41) is 24.9. The van der Waals surface area contributed by atoms with Crippen LogP contribution in [0.2, 0.25) is 0 Å². The van der Waals surface area contributed by atoms with Crippen LogP contribution in [0.1, 0.15) is 15.4 Å². The van der Waals surface area contributed by atoms with Gasteiger partial charge in [-0.25, -0.2) is 14.8 Å². The molecule has 0 aromatic carbocycles. The van der Waals surface area contributed by atoms with Gasteiger partial charge in [0.05, 0.1) is 17.0 Å². The number of nitrogens with one attached hydrogen (secondary N) is 1. The van der Waals surface area contributed by atoms with Crippen molar-refractivity contribution in [1.82, 2.24) is 9.97 Å². The Morgan fingerprint density at radius 1 is 1.53 bits per heavy atom. The van der Waals surface area contributed by atoms with Crippen molar-refractivity contribution in [3.8, 4) is 0 Å². The topological polar surface area (TPSA) is 118 Å². The van der Waals surface area contributed by atoms with Crippen molar-refractivity contribution in [3.63, 3.8) is 0 Å². The molecule has 2 rings (SSSR count). The lowest BCUT2D eigenvalue weighted by atomic mass is 10.2. The highest BCUT2D eigenvalue weighted by atomic mass is 32.1. The van der Waals surface area contributed by atoms with Crippen LogP contribution >= 0.6 is 11.3 Å². The maximum Gasteiger partial charge on any atom is 0.337 e. The van der Waals surface area contributed by atoms with Crippen molar-refractivity contribution in [2.24, 2.45) is 0 Å². The molecule has 0 saturated carbocycles. The summed E-state index contributed by atoms with van der Waals surface area (Å²) in [5.74, 6) is -1.24. The minimum atomic E-state index is -1.26. The normalized spacial score (nSPS) is 10.1. The Balaban J connectivity index is 2.24. The average Bonchev–Trinajstić information content (AvgIpc) is 2.89. The van der Waals surface area contributed by atoms with E-state index in [1.165, 1.54) is 11.3 Å². The minimum Gasteiger partial charge on any atom is -0.478 e. The Morgan fingerprint density at radius 3 is 2.89 bits per heavy atom. The van der Waals surface area contributed by atoms with Crippen molar-refractivity contribution in [2.75, 3.05) is 5.32 Å². The molecule has 0 saturated heterocycles. The second kappa shape index (κ2) is 5.40. The molecule has 0 aliphatic carbocycles. The van der Waals surface area contributed by atoms with E-state index in [9.17, 15) is 14.9 Å². The quantitative estimate of drug-likeness (QED) is 0.632. The van der Waals surface area contributed by atoms with E-state index in [2.05, 4.69) is 15.3 Å². The second-order valence-electron chi connectivity index (χ2n) is 3.43. The maximum absolute atomic E-state index is 10.9. The highest BCUT2D eigenvalue weighted by Crippen LogP contribution is 2.23. The van der Waals surface area contributed by atoms with Crippen LogP contribution in [0.15, 0.2) is 23.8 Å². The molecular formula is C10H8N4O4S. The third-order valence-electron chi connectivity index (χ3n) is 2.20. The molecular weight excluding hydrogens is 272 g/mol. The van der Waals surface area contributed by atoms with Crippen molar-refractivity contribution in [3.05, 3.63) is 44.5 Å². The van der Waals surface area contributed by atoms with Crippen molar-refractivity contribution < 1.29 is 14.8 Å². The Labute approximate surface area is 110 Å². The van der Waals surface area contributed by atoms with E-state index in [1.807, 2.05) is 0 Å². The van der Waals surface area contributed by atoms with Crippen LogP contribution in [0.5, 0.6) is 0 Å². The Morgan fingerprint density at radius 2 is 2.32 bits per heavy atom. The number of hydrogen-bond donors (Lipinski definition) is 2. The van der Waals surface area contributed by atoms with Gasteiger partial charge in [0.2, 0.25) is 5.82 Å². The van der Waals surface area contributed by atoms with Gasteiger partial charge >= 0.3 is 11.7 Å². The van der Waals surface area contributed by atoms with Gasteiger partial charge in [0.1, 0.15) is 5.01 Å². The highest BCUT2D eigenvalue weighted by molar-refractivity contribution is 7.09. The number of aromatic carboxylic acids is 1. The van der Waals surface area contributed by atoms with E-state index < -0.39 is 10.9 Å². The first-order valence-electron chi connectivity index (χ1n) is 5.08. The monoisotopic (exact) mass is 280 g/mol. The smallest absolute Gasteiger partial charge is 0.337 e. The first kappa shape index (κ1) is 12.9. The molecule has 98 valence electrons. The molecule has 0 amide bonds. The molecule has 19 heavy (non-hydrogen) atoms. The lowest BCUT2D eigenvalue weighted by Crippen LogP contribution is -2.07. The lowest BCUT2D eigenvalue weighted by molar-refractivity contribution is -0.384. The van der Waals surface area contributed by atoms with Gasteiger partial charge in [-0.3, -0.25) is 10.1 Å². The number of pyridine rings is 1. The van der Waals surface area contributed by atoms with Crippen molar-refractivity contribution >= 4 is 28.8 Å². The van der Waals surface area contributed by atoms with E-state index in [4.69, 9.17) is 5.11 Å². The summed E-state index contributed by atoms with van der Waals surface area (Å²) in [6, 6.07) is 0.972. The van der Waals surface area contributed by atoms with Crippen LogP contribution in [0, 0.1) is 10.1 Å². The van der Waals surface area contributed by atoms with E-state index >= 15 is 0 Å². The predicted molar refractivity (Wildman–Crippen MR) is 67.3 cm³/mol. The first-order valence-corrected chi connectivity index (χ1v) is 5.96. The van der Waals surface area contributed by atoms with Gasteiger partial charge in [-0.1, -0.05) is 0 Å². The lowest BCUT2D eigenvalue weighted by Gasteiger charge is -2.04. The third-order valence-corrected chi connectivity index (χ3v) is 2.98. The summed E-state index contributed by atoms with van der Waals surface area (Å²) in [6.07, 6.45) is 2.69. The van der Waals surface area contributed by atoms with Gasteiger partial charge in [-0.15, -0.1) is 11.3 Å². The van der Waals surface area contributed by atoms with E-state index in [-0.39, 0.29) is 23.6 Å². The zero-order valence-electron chi connectivity index (χ0n) is 9.44. The molecule has 0 radical (unpaired) electrons. The van der Waals surface area contributed by atoms with E-state index in [1.54, 1.807) is 11.6 Å². The second-order valence-corrected chi connectivity index (χ2v) is 4.41. The number of anilines is 1. The van der Waals surface area contributed by atoms with Crippen LogP contribution < -0.4 is 5.32 Å². The average molecular weight is 280 g/mol. The number of carboxylic acid groups (broad SMARTS) is 1. The fourth-order valence-corrected chi connectivity index (χ4v) is 1.90. The van der Waals surface area contributed by atoms with Crippen molar-refractivity contribution in [1.29, 1.82) is 0 Å². The number of carboxylic acids is 1.